The zero-order valence-corrected chi connectivity index (χ0v) is 14.6. The average Bonchev–Trinajstić information content (AvgIpc) is 2.92. The third kappa shape index (κ3) is 4.47. The standard InChI is InChI=1S/C19H24N4O2/c1-15-14-17(21-20-15)19(25)23-11-5-10-22(12-13-23)18(24)9-8-16-6-3-2-4-7-16/h2-4,6-7,14H,5,8-13H2,1H3,(H,20,21). The number of amides is 2. The van der Waals surface area contributed by atoms with Crippen LogP contribution in [0.2, 0.25) is 0 Å². The maximum Gasteiger partial charge on any atom is 0.274 e. The highest BCUT2D eigenvalue weighted by molar-refractivity contribution is 5.92. The number of nitrogens with one attached hydrogen (secondary N) is 1. The summed E-state index contributed by atoms with van der Waals surface area (Å²) in [4.78, 5) is 28.6. The molecule has 0 atom stereocenters. The number of rotatable bonds is 4. The van der Waals surface area contributed by atoms with Crippen molar-refractivity contribution < 1.29 is 9.59 Å². The van der Waals surface area contributed by atoms with E-state index in [2.05, 4.69) is 10.2 Å². The highest BCUT2D eigenvalue weighted by atomic mass is 16.2. The summed E-state index contributed by atoms with van der Waals surface area (Å²) >= 11 is 0. The van der Waals surface area contributed by atoms with Crippen LogP contribution in [0.1, 0.15) is 34.6 Å². The number of H-pyrrole nitrogens is 1. The van der Waals surface area contributed by atoms with Crippen molar-refractivity contribution >= 4 is 11.8 Å². The van der Waals surface area contributed by atoms with Crippen LogP contribution >= 0.6 is 0 Å². The molecule has 1 aliphatic rings. The number of carbonyl (C=O) groups excluding carboxylic acids is 2. The van der Waals surface area contributed by atoms with E-state index in [1.807, 2.05) is 42.2 Å². The van der Waals surface area contributed by atoms with E-state index in [-0.39, 0.29) is 11.8 Å². The van der Waals surface area contributed by atoms with Crippen molar-refractivity contribution in [3.05, 3.63) is 53.3 Å². The number of aromatic amines is 1. The van der Waals surface area contributed by atoms with Gasteiger partial charge in [0.15, 0.2) is 0 Å². The third-order valence-corrected chi connectivity index (χ3v) is 4.53. The molecule has 0 bridgehead atoms. The van der Waals surface area contributed by atoms with Gasteiger partial charge in [-0.3, -0.25) is 14.7 Å². The fourth-order valence-electron chi connectivity index (χ4n) is 3.11. The summed E-state index contributed by atoms with van der Waals surface area (Å²) in [5.41, 5.74) is 2.49. The minimum absolute atomic E-state index is 0.0667. The van der Waals surface area contributed by atoms with Gasteiger partial charge >= 0.3 is 0 Å². The normalized spacial score (nSPS) is 15.1. The average molecular weight is 340 g/mol. The molecule has 1 fully saturated rings. The summed E-state index contributed by atoms with van der Waals surface area (Å²) in [6.07, 6.45) is 2.06. The molecule has 6 nitrogen and oxygen atoms in total. The Morgan fingerprint density at radius 2 is 1.80 bits per heavy atom. The lowest BCUT2D eigenvalue weighted by Crippen LogP contribution is -2.37. The summed E-state index contributed by atoms with van der Waals surface area (Å²) < 4.78 is 0. The zero-order valence-electron chi connectivity index (χ0n) is 14.6. The first-order valence-corrected chi connectivity index (χ1v) is 8.76. The Kier molecular flexibility index (Phi) is 5.48. The molecule has 2 aromatic rings. The van der Waals surface area contributed by atoms with Gasteiger partial charge in [0.05, 0.1) is 0 Å². The van der Waals surface area contributed by atoms with Crippen LogP contribution in [0.3, 0.4) is 0 Å². The van der Waals surface area contributed by atoms with Crippen molar-refractivity contribution in [3.63, 3.8) is 0 Å². The van der Waals surface area contributed by atoms with Crippen LogP contribution in [-0.4, -0.2) is 58.0 Å². The van der Waals surface area contributed by atoms with Crippen molar-refractivity contribution in [1.29, 1.82) is 0 Å². The quantitative estimate of drug-likeness (QED) is 0.926. The molecule has 0 unspecified atom stereocenters. The van der Waals surface area contributed by atoms with E-state index >= 15 is 0 Å². The fraction of sp³-hybridized carbons (Fsp3) is 0.421. The monoisotopic (exact) mass is 340 g/mol. The Bertz CT molecular complexity index is 726. The topological polar surface area (TPSA) is 69.3 Å². The molecule has 6 heteroatoms. The first-order chi connectivity index (χ1) is 12.1. The van der Waals surface area contributed by atoms with E-state index < -0.39 is 0 Å². The van der Waals surface area contributed by atoms with Gasteiger partial charge in [-0.1, -0.05) is 30.3 Å². The maximum atomic E-state index is 12.5. The van der Waals surface area contributed by atoms with Gasteiger partial charge < -0.3 is 9.80 Å². The van der Waals surface area contributed by atoms with Crippen LogP contribution in [0, 0.1) is 6.92 Å². The molecule has 1 aromatic carbocycles. The van der Waals surface area contributed by atoms with Gasteiger partial charge in [0.2, 0.25) is 5.91 Å². The van der Waals surface area contributed by atoms with Crippen LogP contribution in [0.25, 0.3) is 0 Å². The van der Waals surface area contributed by atoms with E-state index in [9.17, 15) is 9.59 Å². The van der Waals surface area contributed by atoms with Gasteiger partial charge in [0.1, 0.15) is 5.69 Å². The van der Waals surface area contributed by atoms with Crippen LogP contribution < -0.4 is 0 Å². The number of aromatic nitrogens is 2. The van der Waals surface area contributed by atoms with Crippen molar-refractivity contribution in [2.24, 2.45) is 0 Å². The summed E-state index contributed by atoms with van der Waals surface area (Å²) in [5.74, 6) is 0.0942. The lowest BCUT2D eigenvalue weighted by molar-refractivity contribution is -0.131. The van der Waals surface area contributed by atoms with E-state index in [4.69, 9.17) is 0 Å². The SMILES string of the molecule is Cc1cc(C(=O)N2CCCN(C(=O)CCc3ccccc3)CC2)n[nH]1. The number of benzene rings is 1. The molecule has 132 valence electrons. The first kappa shape index (κ1) is 17.2. The van der Waals surface area contributed by atoms with Crippen LogP contribution in [0.5, 0.6) is 0 Å². The van der Waals surface area contributed by atoms with Crippen LogP contribution in [0.15, 0.2) is 36.4 Å². The summed E-state index contributed by atoms with van der Waals surface area (Å²) in [7, 11) is 0. The van der Waals surface area contributed by atoms with Gasteiger partial charge in [-0.15, -0.1) is 0 Å². The second-order valence-corrected chi connectivity index (χ2v) is 6.45. The second-order valence-electron chi connectivity index (χ2n) is 6.45. The van der Waals surface area contributed by atoms with Crippen LogP contribution in [-0.2, 0) is 11.2 Å². The molecule has 25 heavy (non-hydrogen) atoms. The largest absolute Gasteiger partial charge is 0.341 e. The fourth-order valence-corrected chi connectivity index (χ4v) is 3.11. The number of hydrogen-bond acceptors (Lipinski definition) is 3. The Labute approximate surface area is 147 Å². The van der Waals surface area contributed by atoms with E-state index in [0.29, 0.717) is 38.3 Å². The Morgan fingerprint density at radius 3 is 2.52 bits per heavy atom. The van der Waals surface area contributed by atoms with Crippen molar-refractivity contribution in [1.82, 2.24) is 20.0 Å². The predicted molar refractivity (Wildman–Crippen MR) is 95.2 cm³/mol. The smallest absolute Gasteiger partial charge is 0.274 e. The molecule has 3 rings (SSSR count). The lowest BCUT2D eigenvalue weighted by Gasteiger charge is -2.21. The van der Waals surface area contributed by atoms with Crippen molar-refractivity contribution in [2.75, 3.05) is 26.2 Å². The molecule has 2 amide bonds. The molecule has 1 saturated heterocycles. The number of carbonyl (C=O) groups is 2. The molecule has 2 heterocycles. The first-order valence-electron chi connectivity index (χ1n) is 8.76. The predicted octanol–water partition coefficient (Wildman–Crippen LogP) is 2.03. The number of nitrogens with zero attached hydrogens (tertiary/aromatic N) is 3. The van der Waals surface area contributed by atoms with Gasteiger partial charge in [0, 0.05) is 38.3 Å². The molecule has 1 N–H and O–H groups in total. The van der Waals surface area contributed by atoms with Crippen molar-refractivity contribution in [3.8, 4) is 0 Å². The maximum absolute atomic E-state index is 12.5. The highest BCUT2D eigenvalue weighted by Gasteiger charge is 2.23. The number of hydrogen-bond donors (Lipinski definition) is 1. The Hall–Kier alpha value is -2.63. The highest BCUT2D eigenvalue weighted by Crippen LogP contribution is 2.11. The van der Waals surface area contributed by atoms with E-state index in [0.717, 1.165) is 18.5 Å². The minimum atomic E-state index is -0.0667. The summed E-state index contributed by atoms with van der Waals surface area (Å²) in [6.45, 7) is 4.38. The molecule has 0 saturated carbocycles. The van der Waals surface area contributed by atoms with E-state index in [1.54, 1.807) is 11.0 Å². The molecular formula is C19H24N4O2. The third-order valence-electron chi connectivity index (χ3n) is 4.53. The zero-order chi connectivity index (χ0) is 17.6. The summed E-state index contributed by atoms with van der Waals surface area (Å²) in [5, 5.41) is 6.84. The molecule has 1 aliphatic heterocycles. The Balaban J connectivity index is 1.52. The second kappa shape index (κ2) is 7.96. The molecule has 0 aliphatic carbocycles. The molecular weight excluding hydrogens is 316 g/mol. The lowest BCUT2D eigenvalue weighted by atomic mass is 10.1. The van der Waals surface area contributed by atoms with Gasteiger partial charge in [-0.25, -0.2) is 0 Å². The Morgan fingerprint density at radius 1 is 1.08 bits per heavy atom. The van der Waals surface area contributed by atoms with Crippen molar-refractivity contribution in [2.45, 2.75) is 26.2 Å². The molecule has 1 aromatic heterocycles. The minimum Gasteiger partial charge on any atom is -0.341 e. The van der Waals surface area contributed by atoms with E-state index in [1.165, 1.54) is 5.56 Å². The van der Waals surface area contributed by atoms with Crippen LogP contribution in [0.4, 0.5) is 0 Å². The molecule has 0 spiro atoms. The van der Waals surface area contributed by atoms with Gasteiger partial charge in [0.25, 0.3) is 5.91 Å². The van der Waals surface area contributed by atoms with Gasteiger partial charge in [-0.05, 0) is 31.4 Å². The summed E-state index contributed by atoms with van der Waals surface area (Å²) in [6, 6.07) is 11.8. The van der Waals surface area contributed by atoms with Gasteiger partial charge in [-0.2, -0.15) is 5.10 Å². The number of aryl methyl sites for hydroxylation is 2. The molecule has 0 radical (unpaired) electrons.